The Hall–Kier alpha value is -0.730. The maximum Gasteiger partial charge on any atom is 0.134 e. The summed E-state index contributed by atoms with van der Waals surface area (Å²) in [5, 5.41) is 2.62. The molecule has 0 saturated heterocycles. The number of benzene rings is 2. The van der Waals surface area contributed by atoms with Crippen molar-refractivity contribution in [3.63, 3.8) is 0 Å². The van der Waals surface area contributed by atoms with Crippen LogP contribution in [0.3, 0.4) is 0 Å². The lowest BCUT2D eigenvalue weighted by atomic mass is 9.65. The number of hydrogen-bond acceptors (Lipinski definition) is 1. The summed E-state index contributed by atoms with van der Waals surface area (Å²) in [5.74, 6) is 0.914. The molecule has 1 aliphatic carbocycles. The molecular formula is C17H18BrClO. The predicted molar refractivity (Wildman–Crippen MR) is 88.7 cm³/mol. The zero-order chi connectivity index (χ0) is 14.3. The van der Waals surface area contributed by atoms with E-state index in [2.05, 4.69) is 48.0 Å². The van der Waals surface area contributed by atoms with Crippen molar-refractivity contribution < 1.29 is 4.74 Å². The van der Waals surface area contributed by atoms with Gasteiger partial charge in [0.25, 0.3) is 0 Å². The van der Waals surface area contributed by atoms with Crippen molar-refractivity contribution in [2.75, 3.05) is 0 Å². The topological polar surface area (TPSA) is 9.23 Å². The summed E-state index contributed by atoms with van der Waals surface area (Å²) >= 11 is 10.0. The van der Waals surface area contributed by atoms with E-state index in [0.29, 0.717) is 0 Å². The average Bonchev–Trinajstić information content (AvgIpc) is 2.48. The molecule has 1 aliphatic rings. The Bertz CT molecular complexity index is 642. The van der Waals surface area contributed by atoms with E-state index in [1.54, 1.807) is 0 Å². The molecule has 3 heteroatoms. The molecule has 2 aromatic carbocycles. The standard InChI is InChI=1S/C17H18BrClO/c1-3-17(2)14(19)10-15(17)20-13-9-8-11-6-4-5-7-12(11)16(13)18/h4-9,14-15H,3,10H2,1-2H3. The monoisotopic (exact) mass is 352 g/mol. The maximum absolute atomic E-state index is 6.36. The van der Waals surface area contributed by atoms with Crippen molar-refractivity contribution in [1.29, 1.82) is 0 Å². The summed E-state index contributed by atoms with van der Waals surface area (Å²) in [6.45, 7) is 4.40. The van der Waals surface area contributed by atoms with Crippen LogP contribution in [-0.4, -0.2) is 11.5 Å². The summed E-state index contributed by atoms with van der Waals surface area (Å²) in [6.07, 6.45) is 2.16. The fourth-order valence-corrected chi connectivity index (χ4v) is 3.90. The van der Waals surface area contributed by atoms with Gasteiger partial charge in [-0.1, -0.05) is 44.2 Å². The highest BCUT2D eigenvalue weighted by atomic mass is 79.9. The Labute approximate surface area is 133 Å². The third-order valence-corrected chi connectivity index (χ3v) is 6.23. The zero-order valence-electron chi connectivity index (χ0n) is 11.7. The van der Waals surface area contributed by atoms with Crippen molar-refractivity contribution in [3.05, 3.63) is 40.9 Å². The summed E-state index contributed by atoms with van der Waals surface area (Å²) in [7, 11) is 0. The second kappa shape index (κ2) is 5.23. The Morgan fingerprint density at radius 2 is 2.05 bits per heavy atom. The molecule has 0 spiro atoms. The molecule has 106 valence electrons. The quantitative estimate of drug-likeness (QED) is 0.636. The zero-order valence-corrected chi connectivity index (χ0v) is 14.0. The van der Waals surface area contributed by atoms with Crippen LogP contribution in [0.1, 0.15) is 26.7 Å². The van der Waals surface area contributed by atoms with E-state index < -0.39 is 0 Å². The van der Waals surface area contributed by atoms with Crippen LogP contribution >= 0.6 is 27.5 Å². The molecule has 1 nitrogen and oxygen atoms in total. The molecule has 0 amide bonds. The maximum atomic E-state index is 6.36. The molecule has 2 aromatic rings. The van der Waals surface area contributed by atoms with E-state index >= 15 is 0 Å². The van der Waals surface area contributed by atoms with Gasteiger partial charge in [0.2, 0.25) is 0 Å². The minimum Gasteiger partial charge on any atom is -0.489 e. The first-order valence-corrected chi connectivity index (χ1v) is 8.27. The largest absolute Gasteiger partial charge is 0.489 e. The predicted octanol–water partition coefficient (Wildman–Crippen LogP) is 5.78. The van der Waals surface area contributed by atoms with Gasteiger partial charge in [0, 0.05) is 17.2 Å². The highest BCUT2D eigenvalue weighted by Gasteiger charge is 2.51. The van der Waals surface area contributed by atoms with Crippen LogP contribution in [0.4, 0.5) is 0 Å². The SMILES string of the molecule is CCC1(C)C(Cl)CC1Oc1ccc2ccccc2c1Br. The van der Waals surface area contributed by atoms with Crippen LogP contribution in [0, 0.1) is 5.41 Å². The highest BCUT2D eigenvalue weighted by molar-refractivity contribution is 9.10. The van der Waals surface area contributed by atoms with Gasteiger partial charge < -0.3 is 4.74 Å². The first kappa shape index (κ1) is 14.2. The van der Waals surface area contributed by atoms with Crippen molar-refractivity contribution in [2.45, 2.75) is 38.2 Å². The van der Waals surface area contributed by atoms with Gasteiger partial charge in [0.15, 0.2) is 0 Å². The Morgan fingerprint density at radius 1 is 1.30 bits per heavy atom. The number of rotatable bonds is 3. The van der Waals surface area contributed by atoms with Gasteiger partial charge in [-0.15, -0.1) is 11.6 Å². The second-order valence-corrected chi connectivity index (χ2v) is 7.09. The molecular weight excluding hydrogens is 336 g/mol. The van der Waals surface area contributed by atoms with Gasteiger partial charge >= 0.3 is 0 Å². The molecule has 20 heavy (non-hydrogen) atoms. The lowest BCUT2D eigenvalue weighted by Crippen LogP contribution is -2.55. The summed E-state index contributed by atoms with van der Waals surface area (Å²) in [5.41, 5.74) is 0.0760. The second-order valence-electron chi connectivity index (χ2n) is 5.77. The first-order chi connectivity index (χ1) is 9.56. The molecule has 0 radical (unpaired) electrons. The Balaban J connectivity index is 1.91. The molecule has 0 N–H and O–H groups in total. The van der Waals surface area contributed by atoms with Crippen molar-refractivity contribution in [1.82, 2.24) is 0 Å². The van der Waals surface area contributed by atoms with Gasteiger partial charge in [0.1, 0.15) is 11.9 Å². The highest BCUT2D eigenvalue weighted by Crippen LogP contribution is 2.50. The fourth-order valence-electron chi connectivity index (χ4n) is 2.86. The number of hydrogen-bond donors (Lipinski definition) is 0. The average molecular weight is 354 g/mol. The van der Waals surface area contributed by atoms with E-state index in [9.17, 15) is 0 Å². The summed E-state index contributed by atoms with van der Waals surface area (Å²) in [4.78, 5) is 0. The van der Waals surface area contributed by atoms with Gasteiger partial charge in [-0.25, -0.2) is 0 Å². The first-order valence-electron chi connectivity index (χ1n) is 7.04. The number of ether oxygens (including phenoxy) is 1. The molecule has 0 aliphatic heterocycles. The molecule has 0 aromatic heterocycles. The van der Waals surface area contributed by atoms with E-state index in [0.717, 1.165) is 23.1 Å². The molecule has 3 rings (SSSR count). The smallest absolute Gasteiger partial charge is 0.134 e. The lowest BCUT2D eigenvalue weighted by Gasteiger charge is -2.50. The minimum absolute atomic E-state index is 0.0760. The third kappa shape index (κ3) is 2.14. The van der Waals surface area contributed by atoms with Crippen molar-refractivity contribution >= 4 is 38.3 Å². The van der Waals surface area contributed by atoms with E-state index in [4.69, 9.17) is 16.3 Å². The number of alkyl halides is 1. The van der Waals surface area contributed by atoms with Crippen molar-refractivity contribution in [2.24, 2.45) is 5.41 Å². The van der Waals surface area contributed by atoms with Gasteiger partial charge in [-0.05, 0) is 39.2 Å². The fraction of sp³-hybridized carbons (Fsp3) is 0.412. The van der Waals surface area contributed by atoms with E-state index in [1.807, 2.05) is 18.2 Å². The molecule has 0 bridgehead atoms. The molecule has 3 unspecified atom stereocenters. The summed E-state index contributed by atoms with van der Waals surface area (Å²) < 4.78 is 7.27. The van der Waals surface area contributed by atoms with Crippen LogP contribution in [-0.2, 0) is 0 Å². The van der Waals surface area contributed by atoms with Gasteiger partial charge in [0.05, 0.1) is 4.47 Å². The van der Waals surface area contributed by atoms with Crippen LogP contribution in [0.15, 0.2) is 40.9 Å². The molecule has 3 atom stereocenters. The summed E-state index contributed by atoms with van der Waals surface area (Å²) in [6, 6.07) is 12.5. The number of halogens is 2. The minimum atomic E-state index is 0.0760. The van der Waals surface area contributed by atoms with Crippen LogP contribution in [0.2, 0.25) is 0 Å². The van der Waals surface area contributed by atoms with E-state index in [-0.39, 0.29) is 16.9 Å². The number of fused-ring (bicyclic) bond motifs is 1. The molecule has 0 heterocycles. The van der Waals surface area contributed by atoms with Crippen LogP contribution in [0.5, 0.6) is 5.75 Å². The Kier molecular flexibility index (Phi) is 3.72. The van der Waals surface area contributed by atoms with Gasteiger partial charge in [-0.2, -0.15) is 0 Å². The van der Waals surface area contributed by atoms with Gasteiger partial charge in [-0.3, -0.25) is 0 Å². The van der Waals surface area contributed by atoms with Crippen LogP contribution < -0.4 is 4.74 Å². The molecule has 1 fully saturated rings. The normalized spacial score (nSPS) is 29.2. The van der Waals surface area contributed by atoms with Crippen LogP contribution in [0.25, 0.3) is 10.8 Å². The Morgan fingerprint density at radius 3 is 2.75 bits per heavy atom. The van der Waals surface area contributed by atoms with E-state index in [1.165, 1.54) is 10.8 Å². The molecule has 1 saturated carbocycles. The lowest BCUT2D eigenvalue weighted by molar-refractivity contribution is -0.0298. The third-order valence-electron chi connectivity index (χ3n) is 4.73. The van der Waals surface area contributed by atoms with Crippen molar-refractivity contribution in [3.8, 4) is 5.75 Å².